The van der Waals surface area contributed by atoms with Crippen molar-refractivity contribution < 1.29 is 23.1 Å². The smallest absolute Gasteiger partial charge is 0.247 e. The highest BCUT2D eigenvalue weighted by Gasteiger charge is 2.38. The molecule has 1 aliphatic carbocycles. The molecule has 8 heteroatoms. The summed E-state index contributed by atoms with van der Waals surface area (Å²) in [5.74, 6) is 6.65. The van der Waals surface area contributed by atoms with E-state index in [-0.39, 0.29) is 35.6 Å². The minimum absolute atomic E-state index is 0.0575. The molecule has 1 N–H and O–H groups in total. The van der Waals surface area contributed by atoms with Crippen molar-refractivity contribution in [3.05, 3.63) is 23.8 Å². The zero-order chi connectivity index (χ0) is 22.1. The third-order valence-corrected chi connectivity index (χ3v) is 7.68. The van der Waals surface area contributed by atoms with Crippen molar-refractivity contribution in [3.63, 3.8) is 0 Å². The van der Waals surface area contributed by atoms with Crippen LogP contribution in [0, 0.1) is 23.7 Å². The van der Waals surface area contributed by atoms with Gasteiger partial charge in [0.2, 0.25) is 15.9 Å². The van der Waals surface area contributed by atoms with Crippen LogP contribution in [-0.4, -0.2) is 67.5 Å². The van der Waals surface area contributed by atoms with Gasteiger partial charge in [0.1, 0.15) is 16.7 Å². The quantitative estimate of drug-likeness (QED) is 0.729. The number of nitrogens with zero attached hydrogens (tertiary/aromatic N) is 2. The Morgan fingerprint density at radius 2 is 2.10 bits per heavy atom. The van der Waals surface area contributed by atoms with Gasteiger partial charge in [-0.15, -0.1) is 0 Å². The molecular formula is C22H30N2O5S. The summed E-state index contributed by atoms with van der Waals surface area (Å²) < 4.78 is 34.3. The zero-order valence-electron chi connectivity index (χ0n) is 18.0. The van der Waals surface area contributed by atoms with E-state index in [1.165, 1.54) is 17.3 Å². The van der Waals surface area contributed by atoms with Crippen LogP contribution >= 0.6 is 0 Å². The second-order valence-electron chi connectivity index (χ2n) is 8.34. The van der Waals surface area contributed by atoms with Crippen molar-refractivity contribution in [2.75, 3.05) is 26.7 Å². The van der Waals surface area contributed by atoms with E-state index in [2.05, 4.69) is 11.8 Å². The molecule has 7 nitrogen and oxygen atoms in total. The van der Waals surface area contributed by atoms with Crippen LogP contribution in [0.2, 0.25) is 0 Å². The number of likely N-dealkylation sites (N-methyl/N-ethyl adjacent to an activating group) is 1. The molecule has 2 aliphatic rings. The van der Waals surface area contributed by atoms with E-state index in [0.717, 1.165) is 12.8 Å². The fraction of sp³-hybridized carbons (Fsp3) is 0.591. The Kier molecular flexibility index (Phi) is 6.75. The van der Waals surface area contributed by atoms with Gasteiger partial charge < -0.3 is 14.7 Å². The topological polar surface area (TPSA) is 87.2 Å². The number of rotatable bonds is 4. The standard InChI is InChI=1S/C22H30N2O5S/c1-15-12-24(16(2)14-25)30(27,28)22-10-9-19(8-7-18-5-6-18)11-20(22)29-21(15)13-23(4)17(3)26/h9-11,15-16,18,21,25H,5-6,12-14H2,1-4H3/t15-,16-,21-/m1/s1. The van der Waals surface area contributed by atoms with Crippen molar-refractivity contribution in [1.29, 1.82) is 0 Å². The average molecular weight is 435 g/mol. The number of carbonyl (C=O) groups excluding carboxylic acids is 1. The first kappa shape index (κ1) is 22.6. The minimum atomic E-state index is -3.87. The third-order valence-electron chi connectivity index (χ3n) is 5.66. The highest BCUT2D eigenvalue weighted by atomic mass is 32.2. The number of carbonyl (C=O) groups is 1. The lowest BCUT2D eigenvalue weighted by molar-refractivity contribution is -0.129. The zero-order valence-corrected chi connectivity index (χ0v) is 18.8. The van der Waals surface area contributed by atoms with Gasteiger partial charge in [0.05, 0.1) is 13.2 Å². The van der Waals surface area contributed by atoms with Gasteiger partial charge in [0.15, 0.2) is 0 Å². The molecule has 0 saturated heterocycles. The molecule has 30 heavy (non-hydrogen) atoms. The summed E-state index contributed by atoms with van der Waals surface area (Å²) in [6.45, 7) is 5.28. The molecule has 0 radical (unpaired) electrons. The summed E-state index contributed by atoms with van der Waals surface area (Å²) >= 11 is 0. The highest BCUT2D eigenvalue weighted by Crippen LogP contribution is 2.34. The summed E-state index contributed by atoms with van der Waals surface area (Å²) in [4.78, 5) is 13.4. The van der Waals surface area contributed by atoms with Gasteiger partial charge in [-0.05, 0) is 38.0 Å². The van der Waals surface area contributed by atoms with Crippen molar-refractivity contribution >= 4 is 15.9 Å². The molecule has 1 fully saturated rings. The molecule has 3 atom stereocenters. The molecule has 1 aromatic carbocycles. The molecule has 3 rings (SSSR count). The number of hydrogen-bond donors (Lipinski definition) is 1. The van der Waals surface area contributed by atoms with Gasteiger partial charge in [-0.3, -0.25) is 4.79 Å². The lowest BCUT2D eigenvalue weighted by atomic mass is 10.0. The number of benzene rings is 1. The van der Waals surface area contributed by atoms with E-state index in [0.29, 0.717) is 18.0 Å². The SMILES string of the molecule is CC(=O)N(C)C[C@H]1Oc2cc(C#CC3CC3)ccc2S(=O)(=O)N([C@H](C)CO)C[C@H]1C. The van der Waals surface area contributed by atoms with Gasteiger partial charge in [-0.25, -0.2) is 8.42 Å². The highest BCUT2D eigenvalue weighted by molar-refractivity contribution is 7.89. The maximum absolute atomic E-state index is 13.4. The van der Waals surface area contributed by atoms with E-state index in [9.17, 15) is 18.3 Å². The molecule has 1 aromatic rings. The van der Waals surface area contributed by atoms with E-state index in [1.54, 1.807) is 31.0 Å². The lowest BCUT2D eigenvalue weighted by Gasteiger charge is -2.37. The minimum Gasteiger partial charge on any atom is -0.487 e. The molecule has 1 aliphatic heterocycles. The number of aliphatic hydroxyl groups excluding tert-OH is 1. The summed E-state index contributed by atoms with van der Waals surface area (Å²) in [5.41, 5.74) is 0.699. The Bertz CT molecular complexity index is 961. The van der Waals surface area contributed by atoms with Gasteiger partial charge in [-0.2, -0.15) is 4.31 Å². The van der Waals surface area contributed by atoms with Crippen LogP contribution in [0.15, 0.2) is 23.1 Å². The first-order valence-electron chi connectivity index (χ1n) is 10.3. The second kappa shape index (κ2) is 8.96. The Morgan fingerprint density at radius 1 is 1.40 bits per heavy atom. The lowest BCUT2D eigenvalue weighted by Crippen LogP contribution is -2.50. The molecule has 0 aromatic heterocycles. The van der Waals surface area contributed by atoms with Crippen LogP contribution in [-0.2, 0) is 14.8 Å². The van der Waals surface area contributed by atoms with Crippen molar-refractivity contribution in [1.82, 2.24) is 9.21 Å². The fourth-order valence-corrected chi connectivity index (χ4v) is 5.16. The first-order chi connectivity index (χ1) is 14.1. The number of ether oxygens (including phenoxy) is 1. The van der Waals surface area contributed by atoms with Gasteiger partial charge in [-0.1, -0.05) is 18.8 Å². The van der Waals surface area contributed by atoms with E-state index >= 15 is 0 Å². The Hall–Kier alpha value is -2.08. The number of hydrogen-bond acceptors (Lipinski definition) is 5. The fourth-order valence-electron chi connectivity index (χ4n) is 3.33. The average Bonchev–Trinajstić information content (AvgIpc) is 3.52. The summed E-state index contributed by atoms with van der Waals surface area (Å²) in [6.07, 6.45) is 1.80. The third kappa shape index (κ3) is 4.97. The van der Waals surface area contributed by atoms with Crippen LogP contribution in [0.4, 0.5) is 0 Å². The van der Waals surface area contributed by atoms with Crippen LogP contribution in [0.1, 0.15) is 39.2 Å². The molecule has 1 amide bonds. The predicted octanol–water partition coefficient (Wildman–Crippen LogP) is 1.70. The predicted molar refractivity (Wildman–Crippen MR) is 113 cm³/mol. The largest absolute Gasteiger partial charge is 0.487 e. The van der Waals surface area contributed by atoms with E-state index in [4.69, 9.17) is 4.74 Å². The van der Waals surface area contributed by atoms with Crippen LogP contribution < -0.4 is 4.74 Å². The van der Waals surface area contributed by atoms with Crippen molar-refractivity contribution in [3.8, 4) is 17.6 Å². The maximum atomic E-state index is 13.4. The number of amides is 1. The second-order valence-corrected chi connectivity index (χ2v) is 10.2. The van der Waals surface area contributed by atoms with Gasteiger partial charge >= 0.3 is 0 Å². The number of fused-ring (bicyclic) bond motifs is 1. The molecule has 0 unspecified atom stereocenters. The summed E-state index contributed by atoms with van der Waals surface area (Å²) in [5, 5.41) is 9.66. The monoisotopic (exact) mass is 434 g/mol. The Morgan fingerprint density at radius 3 is 2.70 bits per heavy atom. The maximum Gasteiger partial charge on any atom is 0.247 e. The summed E-state index contributed by atoms with van der Waals surface area (Å²) in [7, 11) is -2.18. The molecular weight excluding hydrogens is 404 g/mol. The van der Waals surface area contributed by atoms with Crippen LogP contribution in [0.25, 0.3) is 0 Å². The Balaban J connectivity index is 2.06. The number of sulfonamides is 1. The summed E-state index contributed by atoms with van der Waals surface area (Å²) in [6, 6.07) is 4.31. The molecule has 0 spiro atoms. The van der Waals surface area contributed by atoms with Crippen molar-refractivity contribution in [2.24, 2.45) is 11.8 Å². The molecule has 1 saturated carbocycles. The van der Waals surface area contributed by atoms with Crippen LogP contribution in [0.3, 0.4) is 0 Å². The van der Waals surface area contributed by atoms with Gasteiger partial charge in [0.25, 0.3) is 0 Å². The van der Waals surface area contributed by atoms with E-state index in [1.807, 2.05) is 6.92 Å². The van der Waals surface area contributed by atoms with Crippen molar-refractivity contribution in [2.45, 2.75) is 50.7 Å². The molecule has 0 bridgehead atoms. The normalized spacial score (nSPS) is 24.3. The molecule has 1 heterocycles. The number of aliphatic hydroxyl groups is 1. The van der Waals surface area contributed by atoms with Gasteiger partial charge in [0, 0.05) is 44.0 Å². The van der Waals surface area contributed by atoms with E-state index < -0.39 is 22.2 Å². The van der Waals surface area contributed by atoms with Crippen LogP contribution in [0.5, 0.6) is 5.75 Å². The Labute approximate surface area is 179 Å². The molecule has 164 valence electrons. The first-order valence-corrected chi connectivity index (χ1v) is 11.7.